The number of hydrogen-bond acceptors (Lipinski definition) is 3. The largest absolute Gasteiger partial charge is 0.494 e. The van der Waals surface area contributed by atoms with Gasteiger partial charge in [-0.2, -0.15) is 5.48 Å². The number of benzene rings is 2. The van der Waals surface area contributed by atoms with E-state index < -0.39 is 0 Å². The molecule has 0 aromatic heterocycles. The highest BCUT2D eigenvalue weighted by atomic mass is 16.7. The van der Waals surface area contributed by atoms with Crippen molar-refractivity contribution in [1.82, 2.24) is 5.48 Å². The average molecular weight is 337 g/mol. The first-order valence-corrected chi connectivity index (χ1v) is 8.66. The lowest BCUT2D eigenvalue weighted by atomic mass is 10.1. The van der Waals surface area contributed by atoms with Crippen molar-refractivity contribution in [2.24, 2.45) is 0 Å². The fourth-order valence-electron chi connectivity index (χ4n) is 2.13. The molecule has 2 rings (SSSR count). The molecule has 1 unspecified atom stereocenters. The third-order valence-corrected chi connectivity index (χ3v) is 3.47. The Morgan fingerprint density at radius 2 is 1.44 bits per heavy atom. The highest BCUT2D eigenvalue weighted by Crippen LogP contribution is 2.16. The van der Waals surface area contributed by atoms with Gasteiger partial charge in [0, 0.05) is 11.1 Å². The summed E-state index contributed by atoms with van der Waals surface area (Å²) in [4.78, 5) is 5.62. The maximum atomic E-state index is 5.62. The van der Waals surface area contributed by atoms with Gasteiger partial charge in [0.2, 0.25) is 0 Å². The lowest BCUT2D eigenvalue weighted by Gasteiger charge is -2.23. The molecule has 0 amide bonds. The smallest absolute Gasteiger partial charge is 0.119 e. The Labute approximate surface area is 151 Å². The summed E-state index contributed by atoms with van der Waals surface area (Å²) in [6.45, 7) is 10.8. The molecule has 25 heavy (non-hydrogen) atoms. The molecule has 1 atom stereocenters. The van der Waals surface area contributed by atoms with Gasteiger partial charge in [0.1, 0.15) is 5.75 Å². The molecule has 0 radical (unpaired) electrons. The van der Waals surface area contributed by atoms with E-state index in [-0.39, 0.29) is 11.6 Å². The first kappa shape index (κ1) is 19.1. The minimum atomic E-state index is -0.211. The molecule has 3 nitrogen and oxygen atoms in total. The Bertz CT molecular complexity index is 716. The zero-order valence-corrected chi connectivity index (χ0v) is 15.7. The SMILES string of the molecule is CCOc1ccc(C#Cc2ccc(C(C)NOC(C)(C)C)cc2)cc1. The van der Waals surface area contributed by atoms with Crippen molar-refractivity contribution in [2.75, 3.05) is 6.61 Å². The molecule has 2 aromatic rings. The van der Waals surface area contributed by atoms with Crippen LogP contribution in [-0.2, 0) is 4.84 Å². The van der Waals surface area contributed by atoms with Crippen molar-refractivity contribution in [3.05, 3.63) is 65.2 Å². The number of ether oxygens (including phenoxy) is 1. The summed E-state index contributed by atoms with van der Waals surface area (Å²) in [5, 5.41) is 0. The summed E-state index contributed by atoms with van der Waals surface area (Å²) >= 11 is 0. The first-order valence-electron chi connectivity index (χ1n) is 8.66. The second-order valence-corrected chi connectivity index (χ2v) is 6.88. The van der Waals surface area contributed by atoms with Gasteiger partial charge in [-0.1, -0.05) is 24.0 Å². The van der Waals surface area contributed by atoms with Gasteiger partial charge in [0.05, 0.1) is 18.2 Å². The molecule has 1 N–H and O–H groups in total. The molecule has 0 saturated carbocycles. The molecular weight excluding hydrogens is 310 g/mol. The van der Waals surface area contributed by atoms with Crippen molar-refractivity contribution in [3.63, 3.8) is 0 Å². The van der Waals surface area contributed by atoms with E-state index in [0.717, 1.165) is 22.4 Å². The molecule has 3 heteroatoms. The second kappa shape index (κ2) is 8.71. The number of hydroxylamine groups is 1. The van der Waals surface area contributed by atoms with Crippen LogP contribution >= 0.6 is 0 Å². The van der Waals surface area contributed by atoms with Gasteiger partial charge in [0.25, 0.3) is 0 Å². The van der Waals surface area contributed by atoms with E-state index in [1.54, 1.807) is 0 Å². The van der Waals surface area contributed by atoms with Crippen LogP contribution in [0.25, 0.3) is 0 Å². The lowest BCUT2D eigenvalue weighted by molar-refractivity contribution is -0.0866. The van der Waals surface area contributed by atoms with E-state index in [4.69, 9.17) is 9.57 Å². The summed E-state index contributed by atoms with van der Waals surface area (Å²) in [5.74, 6) is 7.24. The maximum absolute atomic E-state index is 5.62. The molecule has 2 aromatic carbocycles. The molecule has 132 valence electrons. The fraction of sp³-hybridized carbons (Fsp3) is 0.364. The molecule has 0 heterocycles. The molecular formula is C22H27NO2. The fourth-order valence-corrected chi connectivity index (χ4v) is 2.13. The van der Waals surface area contributed by atoms with Crippen LogP contribution < -0.4 is 10.2 Å². The second-order valence-electron chi connectivity index (χ2n) is 6.88. The summed E-state index contributed by atoms with van der Waals surface area (Å²) < 4.78 is 5.44. The van der Waals surface area contributed by atoms with E-state index >= 15 is 0 Å². The minimum Gasteiger partial charge on any atom is -0.494 e. The molecule has 0 bridgehead atoms. The van der Waals surface area contributed by atoms with Gasteiger partial charge >= 0.3 is 0 Å². The Morgan fingerprint density at radius 1 is 0.920 bits per heavy atom. The first-order chi connectivity index (χ1) is 11.9. The van der Waals surface area contributed by atoms with E-state index in [0.29, 0.717) is 6.61 Å². The molecule has 0 spiro atoms. The molecule has 0 aliphatic rings. The Morgan fingerprint density at radius 3 is 1.92 bits per heavy atom. The normalized spacial score (nSPS) is 12.2. The van der Waals surface area contributed by atoms with Gasteiger partial charge in [-0.25, -0.2) is 0 Å². The van der Waals surface area contributed by atoms with Gasteiger partial charge in [0.15, 0.2) is 0 Å². The third-order valence-electron chi connectivity index (χ3n) is 3.47. The Balaban J connectivity index is 1.98. The monoisotopic (exact) mass is 337 g/mol. The van der Waals surface area contributed by atoms with Gasteiger partial charge in [-0.3, -0.25) is 4.84 Å². The molecule has 0 fully saturated rings. The van der Waals surface area contributed by atoms with Crippen molar-refractivity contribution in [3.8, 4) is 17.6 Å². The average Bonchev–Trinajstić information content (AvgIpc) is 2.59. The molecule has 0 aliphatic carbocycles. The van der Waals surface area contributed by atoms with E-state index in [1.165, 1.54) is 0 Å². The molecule has 0 saturated heterocycles. The van der Waals surface area contributed by atoms with Crippen LogP contribution in [0, 0.1) is 11.8 Å². The maximum Gasteiger partial charge on any atom is 0.119 e. The van der Waals surface area contributed by atoms with Crippen LogP contribution in [0.3, 0.4) is 0 Å². The minimum absolute atomic E-state index is 0.118. The van der Waals surface area contributed by atoms with Gasteiger partial charge in [-0.15, -0.1) is 0 Å². The highest BCUT2D eigenvalue weighted by molar-refractivity contribution is 5.45. The number of rotatable bonds is 5. The van der Waals surface area contributed by atoms with Crippen LogP contribution in [0.15, 0.2) is 48.5 Å². The van der Waals surface area contributed by atoms with Crippen LogP contribution in [0.4, 0.5) is 0 Å². The van der Waals surface area contributed by atoms with Crippen molar-refractivity contribution in [1.29, 1.82) is 0 Å². The van der Waals surface area contributed by atoms with Crippen molar-refractivity contribution in [2.45, 2.75) is 46.3 Å². The van der Waals surface area contributed by atoms with E-state index in [1.807, 2.05) is 64.1 Å². The predicted octanol–water partition coefficient (Wildman–Crippen LogP) is 4.87. The zero-order chi connectivity index (χ0) is 18.3. The highest BCUT2D eigenvalue weighted by Gasteiger charge is 2.13. The summed E-state index contributed by atoms with van der Waals surface area (Å²) in [6.07, 6.45) is 0. The van der Waals surface area contributed by atoms with Crippen molar-refractivity contribution >= 4 is 0 Å². The zero-order valence-electron chi connectivity index (χ0n) is 15.7. The predicted molar refractivity (Wildman–Crippen MR) is 102 cm³/mol. The summed E-state index contributed by atoms with van der Waals surface area (Å²) in [6, 6.07) is 16.2. The van der Waals surface area contributed by atoms with Gasteiger partial charge in [-0.05, 0) is 76.6 Å². The van der Waals surface area contributed by atoms with Crippen molar-refractivity contribution < 1.29 is 9.57 Å². The van der Waals surface area contributed by atoms with Crippen LogP contribution in [-0.4, -0.2) is 12.2 Å². The quantitative estimate of drug-likeness (QED) is 0.624. The van der Waals surface area contributed by atoms with Crippen LogP contribution in [0.5, 0.6) is 5.75 Å². The van der Waals surface area contributed by atoms with E-state index in [2.05, 4.69) is 36.4 Å². The topological polar surface area (TPSA) is 30.5 Å². The van der Waals surface area contributed by atoms with Crippen LogP contribution in [0.2, 0.25) is 0 Å². The Kier molecular flexibility index (Phi) is 6.64. The number of hydrogen-bond donors (Lipinski definition) is 1. The molecule has 0 aliphatic heterocycles. The van der Waals surface area contributed by atoms with Gasteiger partial charge < -0.3 is 4.74 Å². The standard InChI is InChI=1S/C22H27NO2/c1-6-24-21-15-11-19(12-16-21)8-7-18-9-13-20(14-10-18)17(2)23-25-22(3,4)5/h9-17,23H,6H2,1-5H3. The summed E-state index contributed by atoms with van der Waals surface area (Å²) in [5.41, 5.74) is 6.00. The number of nitrogens with one attached hydrogen (secondary N) is 1. The van der Waals surface area contributed by atoms with Crippen LogP contribution in [0.1, 0.15) is 57.4 Å². The lowest BCUT2D eigenvalue weighted by Crippen LogP contribution is -2.30. The third kappa shape index (κ3) is 6.62. The van der Waals surface area contributed by atoms with E-state index in [9.17, 15) is 0 Å². The summed E-state index contributed by atoms with van der Waals surface area (Å²) in [7, 11) is 0. The Hall–Kier alpha value is -2.28.